The van der Waals surface area contributed by atoms with E-state index in [0.717, 1.165) is 38.5 Å². The molecule has 124 valence electrons. The number of aliphatic carboxylic acids is 2. The van der Waals surface area contributed by atoms with Crippen molar-refractivity contribution in [1.29, 1.82) is 0 Å². The van der Waals surface area contributed by atoms with E-state index in [1.165, 1.54) is 0 Å². The second-order valence-electron chi connectivity index (χ2n) is 5.13. The largest absolute Gasteiger partial charge is 0.550 e. The molecule has 2 unspecified atom stereocenters. The summed E-state index contributed by atoms with van der Waals surface area (Å²) in [6.45, 7) is 7.89. The van der Waals surface area contributed by atoms with Crippen LogP contribution in [0.25, 0.3) is 0 Å². The maximum Gasteiger partial charge on any atom is 0.0445 e. The summed E-state index contributed by atoms with van der Waals surface area (Å²) in [6.07, 6.45) is 7.04. The van der Waals surface area contributed by atoms with E-state index in [1.54, 1.807) is 0 Å². The maximum atomic E-state index is 10.3. The van der Waals surface area contributed by atoms with Crippen molar-refractivity contribution in [2.75, 3.05) is 0 Å². The van der Waals surface area contributed by atoms with Crippen molar-refractivity contribution >= 4 is 39.2 Å². The van der Waals surface area contributed by atoms with E-state index in [4.69, 9.17) is 0 Å². The number of carbonyl (C=O) groups is 2. The van der Waals surface area contributed by atoms with Crippen LogP contribution in [0, 0.1) is 11.8 Å². The van der Waals surface area contributed by atoms with Crippen molar-refractivity contribution in [1.82, 2.24) is 0 Å². The zero-order chi connectivity index (χ0) is 16.0. The molecule has 0 fully saturated rings. The van der Waals surface area contributed by atoms with Crippen molar-refractivity contribution in [2.45, 2.75) is 79.1 Å². The Hall–Kier alpha value is -0.138. The molecule has 0 bridgehead atoms. The van der Waals surface area contributed by atoms with Gasteiger partial charge in [0, 0.05) is 39.2 Å². The van der Waals surface area contributed by atoms with Crippen LogP contribution in [-0.4, -0.2) is 39.2 Å². The van der Waals surface area contributed by atoms with Gasteiger partial charge in [0.25, 0.3) is 0 Å². The third-order valence-electron chi connectivity index (χ3n) is 3.46. The van der Waals surface area contributed by atoms with E-state index < -0.39 is 11.9 Å². The third-order valence-corrected chi connectivity index (χ3v) is 3.46. The monoisotopic (exact) mass is 494 g/mol. The Bertz CT molecular complexity index is 231. The molecule has 0 saturated carbocycles. The van der Waals surface area contributed by atoms with E-state index in [-0.39, 0.29) is 39.1 Å². The van der Waals surface area contributed by atoms with E-state index in [9.17, 15) is 19.8 Å². The molecule has 0 aromatic heterocycles. The van der Waals surface area contributed by atoms with E-state index >= 15 is 0 Å². The molecule has 5 heteroatoms. The average molecular weight is 494 g/mol. The number of unbranched alkanes of at least 4 members (excludes halogenated alkanes) is 2. The van der Waals surface area contributed by atoms with Crippen LogP contribution in [0.2, 0.25) is 0 Å². The minimum Gasteiger partial charge on any atom is -0.550 e. The Balaban J connectivity index is -0.000000295. The zero-order valence-electron chi connectivity index (χ0n) is 13.9. The molecule has 2 atom stereocenters. The summed E-state index contributed by atoms with van der Waals surface area (Å²) in [5, 5.41) is 20.7. The van der Waals surface area contributed by atoms with E-state index in [0.29, 0.717) is 12.8 Å². The standard InChI is InChI=1S/2C8H16O2.Pb/c2*1-3-5-6-7(4-2)8(9)10;/h2*7H,3-6H2,1-2H3,(H,9,10);/p-2. The first-order valence-corrected chi connectivity index (χ1v) is 7.86. The summed E-state index contributed by atoms with van der Waals surface area (Å²) >= 11 is 0. The minimum absolute atomic E-state index is 0. The molecule has 0 aliphatic rings. The Kier molecular flexibility index (Phi) is 22.0. The van der Waals surface area contributed by atoms with Crippen LogP contribution < -0.4 is 10.2 Å². The van der Waals surface area contributed by atoms with Crippen LogP contribution in [0.4, 0.5) is 0 Å². The predicted octanol–water partition coefficient (Wildman–Crippen LogP) is 1.52. The molecule has 0 aromatic rings. The summed E-state index contributed by atoms with van der Waals surface area (Å²) in [5.74, 6) is -2.23. The molecule has 0 amide bonds. The zero-order valence-corrected chi connectivity index (χ0v) is 17.8. The molecule has 4 nitrogen and oxygen atoms in total. The van der Waals surface area contributed by atoms with Crippen LogP contribution in [0.1, 0.15) is 79.1 Å². The van der Waals surface area contributed by atoms with Gasteiger partial charge in [-0.15, -0.1) is 0 Å². The number of carbonyl (C=O) groups excluding carboxylic acids is 2. The van der Waals surface area contributed by atoms with Gasteiger partial charge in [0.1, 0.15) is 0 Å². The van der Waals surface area contributed by atoms with Gasteiger partial charge in [-0.05, 0) is 37.5 Å². The van der Waals surface area contributed by atoms with Crippen molar-refractivity contribution in [2.24, 2.45) is 11.8 Å². The first-order chi connectivity index (χ1) is 9.44. The van der Waals surface area contributed by atoms with Crippen LogP contribution in [-0.2, 0) is 9.59 Å². The van der Waals surface area contributed by atoms with Crippen molar-refractivity contribution in [3.63, 3.8) is 0 Å². The Morgan fingerprint density at radius 3 is 1.19 bits per heavy atom. The van der Waals surface area contributed by atoms with Crippen LogP contribution in [0.3, 0.4) is 0 Å². The van der Waals surface area contributed by atoms with Crippen molar-refractivity contribution < 1.29 is 19.8 Å². The predicted molar refractivity (Wildman–Crippen MR) is 82.4 cm³/mol. The number of carboxylic acids is 2. The summed E-state index contributed by atoms with van der Waals surface area (Å²) in [7, 11) is 0. The molecular weight excluding hydrogens is 463 g/mol. The number of rotatable bonds is 10. The Morgan fingerprint density at radius 1 is 0.762 bits per heavy atom. The van der Waals surface area contributed by atoms with Gasteiger partial charge < -0.3 is 19.8 Å². The van der Waals surface area contributed by atoms with Crippen LogP contribution in [0.15, 0.2) is 0 Å². The molecule has 0 N–H and O–H groups in total. The number of carboxylic acid groups (broad SMARTS) is 2. The SMILES string of the molecule is CCCCC(CC)C(=O)[O-].CCCCC(CC)C(=O)[O-].[Pb]. The molecule has 0 spiro atoms. The van der Waals surface area contributed by atoms with Crippen molar-refractivity contribution in [3.05, 3.63) is 0 Å². The van der Waals surface area contributed by atoms with Gasteiger partial charge in [0.15, 0.2) is 0 Å². The third kappa shape index (κ3) is 16.1. The summed E-state index contributed by atoms with van der Waals surface area (Å²) in [6, 6.07) is 0. The fourth-order valence-corrected chi connectivity index (χ4v) is 1.88. The van der Waals surface area contributed by atoms with Gasteiger partial charge in [0.2, 0.25) is 0 Å². The topological polar surface area (TPSA) is 80.3 Å². The Labute approximate surface area is 149 Å². The fourth-order valence-electron chi connectivity index (χ4n) is 1.88. The van der Waals surface area contributed by atoms with Crippen molar-refractivity contribution in [3.8, 4) is 0 Å². The van der Waals surface area contributed by atoms with Gasteiger partial charge in [-0.25, -0.2) is 0 Å². The summed E-state index contributed by atoms with van der Waals surface area (Å²) < 4.78 is 0. The second-order valence-corrected chi connectivity index (χ2v) is 5.13. The molecule has 0 aliphatic carbocycles. The molecule has 21 heavy (non-hydrogen) atoms. The number of hydrogen-bond donors (Lipinski definition) is 0. The quantitative estimate of drug-likeness (QED) is 0.433. The molecule has 0 aromatic carbocycles. The van der Waals surface area contributed by atoms with Gasteiger partial charge in [0.05, 0.1) is 0 Å². The maximum absolute atomic E-state index is 10.3. The summed E-state index contributed by atoms with van der Waals surface area (Å²) in [4.78, 5) is 20.7. The van der Waals surface area contributed by atoms with Gasteiger partial charge >= 0.3 is 0 Å². The van der Waals surface area contributed by atoms with Gasteiger partial charge in [-0.1, -0.05) is 53.4 Å². The average Bonchev–Trinajstić information content (AvgIpc) is 2.40. The summed E-state index contributed by atoms with van der Waals surface area (Å²) in [5.41, 5.74) is 0. The molecule has 0 rings (SSSR count). The van der Waals surface area contributed by atoms with Gasteiger partial charge in [-0.2, -0.15) is 0 Å². The van der Waals surface area contributed by atoms with E-state index in [1.807, 2.05) is 13.8 Å². The van der Waals surface area contributed by atoms with E-state index in [2.05, 4.69) is 13.8 Å². The van der Waals surface area contributed by atoms with Crippen LogP contribution in [0.5, 0.6) is 0 Å². The molecular formula is C16H30O4Pb-2. The molecule has 0 heterocycles. The smallest absolute Gasteiger partial charge is 0.0445 e. The first-order valence-electron chi connectivity index (χ1n) is 7.86. The fraction of sp³-hybridized carbons (Fsp3) is 0.875. The van der Waals surface area contributed by atoms with Gasteiger partial charge in [-0.3, -0.25) is 0 Å². The Morgan fingerprint density at radius 2 is 1.05 bits per heavy atom. The van der Waals surface area contributed by atoms with Crippen LogP contribution >= 0.6 is 0 Å². The number of hydrogen-bond acceptors (Lipinski definition) is 4. The minimum atomic E-state index is -0.893. The normalized spacial score (nSPS) is 12.4. The molecule has 0 saturated heterocycles. The first kappa shape index (κ1) is 25.8. The second kappa shape index (κ2) is 17.9. The molecule has 0 aliphatic heterocycles. The molecule has 4 radical (unpaired) electrons.